The molecule has 0 saturated heterocycles. The summed E-state index contributed by atoms with van der Waals surface area (Å²) in [6.07, 6.45) is 0. The summed E-state index contributed by atoms with van der Waals surface area (Å²) in [5, 5.41) is 3.31. The van der Waals surface area contributed by atoms with E-state index < -0.39 is 0 Å². The number of para-hydroxylation sites is 2. The summed E-state index contributed by atoms with van der Waals surface area (Å²) in [6, 6.07) is 13.9. The molecule has 0 saturated carbocycles. The first kappa shape index (κ1) is 11.0. The van der Waals surface area contributed by atoms with E-state index in [1.807, 2.05) is 49.4 Å². The average molecular weight is 277 g/mol. The van der Waals surface area contributed by atoms with Crippen molar-refractivity contribution in [1.82, 2.24) is 0 Å². The fourth-order valence-corrected chi connectivity index (χ4v) is 1.88. The maximum absolute atomic E-state index is 6.00. The Morgan fingerprint density at radius 3 is 2.44 bits per heavy atom. The number of nitrogens with one attached hydrogen (secondary N) is 1. The summed E-state index contributed by atoms with van der Waals surface area (Å²) in [5.74, 6) is 0. The molecule has 82 valence electrons. The quantitative estimate of drug-likeness (QED) is 0.811. The van der Waals surface area contributed by atoms with Gasteiger partial charge in [-0.25, -0.2) is 0 Å². The van der Waals surface area contributed by atoms with Crippen LogP contribution in [0.4, 0.5) is 17.1 Å². The van der Waals surface area contributed by atoms with Gasteiger partial charge in [0.25, 0.3) is 0 Å². The molecule has 2 aromatic rings. The molecule has 0 bridgehead atoms. The van der Waals surface area contributed by atoms with Crippen molar-refractivity contribution in [2.75, 3.05) is 11.1 Å². The van der Waals surface area contributed by atoms with E-state index in [9.17, 15) is 0 Å². The van der Waals surface area contributed by atoms with Crippen LogP contribution in [0.2, 0.25) is 0 Å². The smallest absolute Gasteiger partial charge is 0.0620 e. The maximum atomic E-state index is 6.00. The molecule has 0 unspecified atom stereocenters. The summed E-state index contributed by atoms with van der Waals surface area (Å²) in [4.78, 5) is 0. The number of hydrogen-bond acceptors (Lipinski definition) is 2. The number of aryl methyl sites for hydroxylation is 1. The highest BCUT2D eigenvalue weighted by atomic mass is 79.9. The van der Waals surface area contributed by atoms with Crippen molar-refractivity contribution < 1.29 is 0 Å². The summed E-state index contributed by atoms with van der Waals surface area (Å²) in [6.45, 7) is 2.00. The number of hydrogen-bond donors (Lipinski definition) is 2. The summed E-state index contributed by atoms with van der Waals surface area (Å²) in [7, 11) is 0. The molecule has 16 heavy (non-hydrogen) atoms. The van der Waals surface area contributed by atoms with Crippen LogP contribution in [0.15, 0.2) is 46.9 Å². The molecule has 0 fully saturated rings. The minimum atomic E-state index is 0.790. The molecule has 0 aliphatic carbocycles. The Morgan fingerprint density at radius 2 is 1.69 bits per heavy atom. The van der Waals surface area contributed by atoms with Gasteiger partial charge in [0.05, 0.1) is 17.1 Å². The van der Waals surface area contributed by atoms with Crippen molar-refractivity contribution in [2.45, 2.75) is 6.92 Å². The van der Waals surface area contributed by atoms with Crippen LogP contribution in [0.3, 0.4) is 0 Å². The van der Waals surface area contributed by atoms with E-state index in [1.165, 1.54) is 0 Å². The largest absolute Gasteiger partial charge is 0.397 e. The van der Waals surface area contributed by atoms with Crippen molar-refractivity contribution >= 4 is 33.0 Å². The van der Waals surface area contributed by atoms with Gasteiger partial charge in [0, 0.05) is 4.47 Å². The van der Waals surface area contributed by atoms with Gasteiger partial charge in [-0.1, -0.05) is 24.3 Å². The van der Waals surface area contributed by atoms with Crippen molar-refractivity contribution in [2.24, 2.45) is 0 Å². The molecule has 2 rings (SSSR count). The van der Waals surface area contributed by atoms with Crippen LogP contribution in [0.25, 0.3) is 0 Å². The highest BCUT2D eigenvalue weighted by Crippen LogP contribution is 2.29. The molecule has 0 heterocycles. The number of halogens is 1. The third-order valence-electron chi connectivity index (χ3n) is 2.47. The molecule has 0 atom stereocenters. The zero-order valence-corrected chi connectivity index (χ0v) is 10.6. The molecule has 0 radical (unpaired) electrons. The molecule has 0 aromatic heterocycles. The van der Waals surface area contributed by atoms with E-state index >= 15 is 0 Å². The van der Waals surface area contributed by atoms with Crippen LogP contribution < -0.4 is 11.1 Å². The lowest BCUT2D eigenvalue weighted by Crippen LogP contribution is -1.98. The lowest BCUT2D eigenvalue weighted by molar-refractivity contribution is 1.44. The van der Waals surface area contributed by atoms with Gasteiger partial charge in [-0.2, -0.15) is 0 Å². The first-order valence-electron chi connectivity index (χ1n) is 5.05. The van der Waals surface area contributed by atoms with E-state index in [-0.39, 0.29) is 0 Å². The van der Waals surface area contributed by atoms with Gasteiger partial charge >= 0.3 is 0 Å². The third-order valence-corrected chi connectivity index (χ3v) is 3.16. The first-order chi connectivity index (χ1) is 7.68. The van der Waals surface area contributed by atoms with Crippen molar-refractivity contribution in [1.29, 1.82) is 0 Å². The molecule has 3 heteroatoms. The van der Waals surface area contributed by atoms with Gasteiger partial charge in [0.2, 0.25) is 0 Å². The van der Waals surface area contributed by atoms with E-state index in [1.54, 1.807) is 0 Å². The molecule has 2 nitrogen and oxygen atoms in total. The second-order valence-corrected chi connectivity index (χ2v) is 4.50. The maximum Gasteiger partial charge on any atom is 0.0620 e. The SMILES string of the molecule is Cc1cccc(Nc2ccccc2Br)c1N. The topological polar surface area (TPSA) is 38.0 Å². The molecule has 0 aliphatic heterocycles. The number of nitrogen functional groups attached to an aromatic ring is 1. The third kappa shape index (κ3) is 2.19. The minimum Gasteiger partial charge on any atom is -0.397 e. The summed E-state index contributed by atoms with van der Waals surface area (Å²) in [5.41, 5.74) is 9.82. The summed E-state index contributed by atoms with van der Waals surface area (Å²) < 4.78 is 1.02. The van der Waals surface area contributed by atoms with Crippen LogP contribution in [0.5, 0.6) is 0 Å². The number of rotatable bonds is 2. The van der Waals surface area contributed by atoms with Crippen LogP contribution in [0, 0.1) is 6.92 Å². The van der Waals surface area contributed by atoms with Crippen molar-refractivity contribution in [3.8, 4) is 0 Å². The molecule has 3 N–H and O–H groups in total. The van der Waals surface area contributed by atoms with Crippen molar-refractivity contribution in [3.05, 3.63) is 52.5 Å². The predicted molar refractivity (Wildman–Crippen MR) is 73.0 cm³/mol. The van der Waals surface area contributed by atoms with E-state index in [0.29, 0.717) is 0 Å². The Bertz CT molecular complexity index is 509. The average Bonchev–Trinajstić information content (AvgIpc) is 2.28. The monoisotopic (exact) mass is 276 g/mol. The standard InChI is InChI=1S/C13H13BrN2/c1-9-5-4-8-12(13(9)15)16-11-7-3-2-6-10(11)14/h2-8,16H,15H2,1H3. The van der Waals surface area contributed by atoms with Crippen LogP contribution in [-0.4, -0.2) is 0 Å². The fourth-order valence-electron chi connectivity index (χ4n) is 1.50. The first-order valence-corrected chi connectivity index (χ1v) is 5.84. The molecular formula is C13H13BrN2. The van der Waals surface area contributed by atoms with E-state index in [2.05, 4.69) is 21.2 Å². The van der Waals surface area contributed by atoms with Crippen LogP contribution in [0.1, 0.15) is 5.56 Å². The zero-order chi connectivity index (χ0) is 11.5. The highest BCUT2D eigenvalue weighted by molar-refractivity contribution is 9.10. The Balaban J connectivity index is 2.35. The lowest BCUT2D eigenvalue weighted by Gasteiger charge is -2.12. The molecule has 0 aliphatic rings. The fraction of sp³-hybridized carbons (Fsp3) is 0.0769. The van der Waals surface area contributed by atoms with Crippen LogP contribution in [-0.2, 0) is 0 Å². The van der Waals surface area contributed by atoms with Gasteiger partial charge in [0.1, 0.15) is 0 Å². The van der Waals surface area contributed by atoms with E-state index in [4.69, 9.17) is 5.73 Å². The minimum absolute atomic E-state index is 0.790. The molecule has 0 amide bonds. The van der Waals surface area contributed by atoms with Crippen LogP contribution >= 0.6 is 15.9 Å². The predicted octanol–water partition coefficient (Wildman–Crippen LogP) is 4.08. The molecule has 2 aromatic carbocycles. The van der Waals surface area contributed by atoms with Gasteiger partial charge in [-0.15, -0.1) is 0 Å². The Labute approximate surface area is 104 Å². The normalized spacial score (nSPS) is 10.1. The second kappa shape index (κ2) is 4.58. The summed E-state index contributed by atoms with van der Waals surface area (Å²) >= 11 is 3.49. The van der Waals surface area contributed by atoms with Gasteiger partial charge in [-0.3, -0.25) is 0 Å². The van der Waals surface area contributed by atoms with Gasteiger partial charge in [0.15, 0.2) is 0 Å². The van der Waals surface area contributed by atoms with E-state index in [0.717, 1.165) is 27.1 Å². The molecular weight excluding hydrogens is 264 g/mol. The Hall–Kier alpha value is -1.48. The Morgan fingerprint density at radius 1 is 1.00 bits per heavy atom. The number of nitrogens with two attached hydrogens (primary N) is 1. The number of anilines is 3. The van der Waals surface area contributed by atoms with Gasteiger partial charge in [-0.05, 0) is 46.6 Å². The van der Waals surface area contributed by atoms with Gasteiger partial charge < -0.3 is 11.1 Å². The zero-order valence-electron chi connectivity index (χ0n) is 9.00. The lowest BCUT2D eigenvalue weighted by atomic mass is 10.1. The second-order valence-electron chi connectivity index (χ2n) is 3.64. The highest BCUT2D eigenvalue weighted by Gasteiger charge is 2.03. The number of benzene rings is 2. The molecule has 0 spiro atoms. The Kier molecular flexibility index (Phi) is 3.15. The van der Waals surface area contributed by atoms with Crippen molar-refractivity contribution in [3.63, 3.8) is 0 Å².